The fourth-order valence-corrected chi connectivity index (χ4v) is 6.16. The number of nitrogens with zero attached hydrogens (tertiary/aromatic N) is 2. The van der Waals surface area contributed by atoms with Crippen molar-refractivity contribution in [3.8, 4) is 0 Å². The molecule has 0 aromatic carbocycles. The predicted octanol–water partition coefficient (Wildman–Crippen LogP) is 2.74. The van der Waals surface area contributed by atoms with Crippen molar-refractivity contribution in [2.45, 2.75) is 76.2 Å². The molecular formula is C31H48ClN5O7. The Labute approximate surface area is 263 Å². The van der Waals surface area contributed by atoms with Crippen LogP contribution in [0.5, 0.6) is 0 Å². The van der Waals surface area contributed by atoms with E-state index in [9.17, 15) is 19.8 Å². The lowest BCUT2D eigenvalue weighted by atomic mass is 9.81. The molecule has 0 radical (unpaired) electrons. The van der Waals surface area contributed by atoms with Crippen LogP contribution in [0, 0.1) is 11.8 Å². The number of halogens is 1. The molecule has 2 aromatic heterocycles. The number of unbranched alkanes of at least 4 members (excludes halogenated alkanes) is 3. The van der Waals surface area contributed by atoms with Gasteiger partial charge in [-0.2, -0.15) is 0 Å². The van der Waals surface area contributed by atoms with Crippen LogP contribution in [-0.2, 0) is 19.0 Å². The third kappa shape index (κ3) is 9.51. The molecule has 1 aliphatic carbocycles. The zero-order chi connectivity index (χ0) is 31.3. The van der Waals surface area contributed by atoms with E-state index in [-0.39, 0.29) is 36.7 Å². The average Bonchev–Trinajstić information content (AvgIpc) is 3.61. The maximum atomic E-state index is 13.3. The molecule has 6 N–H and O–H groups in total. The van der Waals surface area contributed by atoms with Gasteiger partial charge in [-0.3, -0.25) is 9.59 Å². The number of rotatable bonds is 18. The van der Waals surface area contributed by atoms with Gasteiger partial charge in [0.1, 0.15) is 18.0 Å². The number of aliphatic hydroxyl groups excluding tert-OH is 2. The monoisotopic (exact) mass is 637 g/mol. The number of aliphatic hydroxyl groups is 2. The topological polar surface area (TPSA) is 170 Å². The van der Waals surface area contributed by atoms with Gasteiger partial charge < -0.3 is 45.4 Å². The molecule has 0 bridgehead atoms. The van der Waals surface area contributed by atoms with Gasteiger partial charge in [0, 0.05) is 56.0 Å². The number of hydrogen-bond acceptors (Lipinski definition) is 9. The quantitative estimate of drug-likeness (QED) is 0.122. The third-order valence-electron chi connectivity index (χ3n) is 8.54. The van der Waals surface area contributed by atoms with Crippen LogP contribution in [0.25, 0.3) is 11.0 Å². The van der Waals surface area contributed by atoms with Gasteiger partial charge in [0.15, 0.2) is 0 Å². The van der Waals surface area contributed by atoms with Crippen LogP contribution >= 0.6 is 11.6 Å². The number of amides is 2. The van der Waals surface area contributed by atoms with Crippen LogP contribution in [0.15, 0.2) is 18.5 Å². The molecule has 1 unspecified atom stereocenters. The first-order valence-corrected chi connectivity index (χ1v) is 16.4. The summed E-state index contributed by atoms with van der Waals surface area (Å²) < 4.78 is 18.6. The van der Waals surface area contributed by atoms with Crippen molar-refractivity contribution in [3.63, 3.8) is 0 Å². The zero-order valence-corrected chi connectivity index (χ0v) is 26.2. The van der Waals surface area contributed by atoms with Gasteiger partial charge in [-0.05, 0) is 50.5 Å². The van der Waals surface area contributed by atoms with E-state index in [1.54, 1.807) is 23.0 Å². The first kappa shape index (κ1) is 34.4. The Morgan fingerprint density at radius 3 is 2.55 bits per heavy atom. The van der Waals surface area contributed by atoms with Crippen LogP contribution in [-0.4, -0.2) is 95.8 Å². The van der Waals surface area contributed by atoms with Crippen LogP contribution in [0.4, 0.5) is 5.69 Å². The van der Waals surface area contributed by atoms with E-state index >= 15 is 0 Å². The number of nitrogens with one attached hydrogen (secondary N) is 2. The Morgan fingerprint density at radius 1 is 1.07 bits per heavy atom. The summed E-state index contributed by atoms with van der Waals surface area (Å²) in [6, 6.07) is 1.64. The lowest BCUT2D eigenvalue weighted by molar-refractivity contribution is -0.126. The van der Waals surface area contributed by atoms with E-state index in [0.29, 0.717) is 55.2 Å². The molecule has 4 rings (SSSR count). The fraction of sp³-hybridized carbons (Fsp3) is 0.710. The molecule has 2 amide bonds. The molecule has 13 heteroatoms. The van der Waals surface area contributed by atoms with E-state index in [1.807, 2.05) is 0 Å². The normalized spacial score (nSPS) is 23.7. The number of carbonyl (C=O) groups is 2. The van der Waals surface area contributed by atoms with E-state index in [2.05, 4.69) is 15.6 Å². The average molecular weight is 638 g/mol. The number of nitrogen functional groups attached to an aromatic ring is 1. The number of anilines is 1. The van der Waals surface area contributed by atoms with E-state index < -0.39 is 18.4 Å². The van der Waals surface area contributed by atoms with Crippen LogP contribution in [0.1, 0.15) is 74.4 Å². The van der Waals surface area contributed by atoms with Crippen molar-refractivity contribution in [2.24, 2.45) is 11.8 Å². The van der Waals surface area contributed by atoms with Gasteiger partial charge in [-0.25, -0.2) is 4.98 Å². The summed E-state index contributed by atoms with van der Waals surface area (Å²) in [5.41, 5.74) is 7.54. The van der Waals surface area contributed by atoms with Crippen LogP contribution < -0.4 is 16.4 Å². The van der Waals surface area contributed by atoms with Gasteiger partial charge in [0.05, 0.1) is 43.5 Å². The Morgan fingerprint density at radius 2 is 1.82 bits per heavy atom. The zero-order valence-electron chi connectivity index (χ0n) is 25.4. The molecule has 1 saturated carbocycles. The number of alkyl halides is 1. The highest BCUT2D eigenvalue weighted by Gasteiger charge is 2.36. The predicted molar refractivity (Wildman–Crippen MR) is 167 cm³/mol. The molecule has 246 valence electrons. The standard InChI is InChI=1S/C31H48ClN5O7/c32-10-3-1-2-4-13-42-15-16-43-14-12-35-30(40)22-7-5-21(6-8-22)18-36-31(41)23-19-37(27-17-25(39)26(20-38)44-27)29-28(23)24(33)9-11-34-29/h9,11,19,21-22,25-27,38-39H,1-8,10,12-18,20H2,(H2,33,34)(H,35,40)(H,36,41)/t21?,22?,25?,26-,27-/m1/s1. The second-order valence-electron chi connectivity index (χ2n) is 11.7. The molecule has 44 heavy (non-hydrogen) atoms. The Hall–Kier alpha value is -2.48. The second-order valence-corrected chi connectivity index (χ2v) is 12.1. The summed E-state index contributed by atoms with van der Waals surface area (Å²) in [4.78, 5) is 30.4. The minimum atomic E-state index is -0.817. The number of hydrogen-bond donors (Lipinski definition) is 5. The van der Waals surface area contributed by atoms with Crippen molar-refractivity contribution in [3.05, 3.63) is 24.0 Å². The highest BCUT2D eigenvalue weighted by Crippen LogP contribution is 2.35. The number of nitrogens with two attached hydrogens (primary N) is 1. The lowest BCUT2D eigenvalue weighted by Gasteiger charge is -2.28. The minimum absolute atomic E-state index is 0.0301. The number of ether oxygens (including phenoxy) is 3. The number of pyridine rings is 1. The molecule has 3 atom stereocenters. The lowest BCUT2D eigenvalue weighted by Crippen LogP contribution is -2.37. The van der Waals surface area contributed by atoms with Crippen molar-refractivity contribution >= 4 is 40.1 Å². The van der Waals surface area contributed by atoms with Gasteiger partial charge >= 0.3 is 0 Å². The highest BCUT2D eigenvalue weighted by molar-refractivity contribution is 6.17. The Balaban J connectivity index is 1.14. The van der Waals surface area contributed by atoms with Crippen LogP contribution in [0.2, 0.25) is 0 Å². The molecule has 3 heterocycles. The fourth-order valence-electron chi connectivity index (χ4n) is 5.97. The molecular weight excluding hydrogens is 590 g/mol. The third-order valence-corrected chi connectivity index (χ3v) is 8.81. The van der Waals surface area contributed by atoms with E-state index in [0.717, 1.165) is 63.9 Å². The summed E-state index contributed by atoms with van der Waals surface area (Å²) in [6.45, 7) is 2.93. The SMILES string of the molecule is Nc1ccnc2c1c(C(=O)NCC1CCC(C(=O)NCCOCCOCCCCCCCl)CC1)cn2[C@H]1CC(O)[C@@H](CO)O1. The van der Waals surface area contributed by atoms with Crippen molar-refractivity contribution in [1.82, 2.24) is 20.2 Å². The second kappa shape index (κ2) is 17.9. The number of fused-ring (bicyclic) bond motifs is 1. The molecule has 2 fully saturated rings. The van der Waals surface area contributed by atoms with Crippen LogP contribution in [0.3, 0.4) is 0 Å². The van der Waals surface area contributed by atoms with Crippen molar-refractivity contribution in [2.75, 3.05) is 57.7 Å². The van der Waals surface area contributed by atoms with Gasteiger partial charge in [0.2, 0.25) is 5.91 Å². The minimum Gasteiger partial charge on any atom is -0.398 e. The molecule has 2 aromatic rings. The van der Waals surface area contributed by atoms with Crippen molar-refractivity contribution in [1.29, 1.82) is 0 Å². The Kier molecular flexibility index (Phi) is 14.0. The molecule has 1 aliphatic heterocycles. The number of carbonyl (C=O) groups excluding carboxylic acids is 2. The highest BCUT2D eigenvalue weighted by atomic mass is 35.5. The maximum Gasteiger partial charge on any atom is 0.253 e. The number of aromatic nitrogens is 2. The van der Waals surface area contributed by atoms with Gasteiger partial charge in [0.25, 0.3) is 5.91 Å². The smallest absolute Gasteiger partial charge is 0.253 e. The molecule has 2 aliphatic rings. The van der Waals surface area contributed by atoms with Gasteiger partial charge in [-0.1, -0.05) is 12.8 Å². The van der Waals surface area contributed by atoms with Gasteiger partial charge in [-0.15, -0.1) is 11.6 Å². The summed E-state index contributed by atoms with van der Waals surface area (Å²) >= 11 is 5.67. The summed E-state index contributed by atoms with van der Waals surface area (Å²) in [5.74, 6) is 0.753. The first-order valence-electron chi connectivity index (χ1n) is 15.9. The molecule has 1 saturated heterocycles. The summed E-state index contributed by atoms with van der Waals surface area (Å²) in [7, 11) is 0. The maximum absolute atomic E-state index is 13.3. The largest absolute Gasteiger partial charge is 0.398 e. The van der Waals surface area contributed by atoms with E-state index in [4.69, 9.17) is 31.5 Å². The van der Waals surface area contributed by atoms with Crippen molar-refractivity contribution < 1.29 is 34.0 Å². The summed E-state index contributed by atoms with van der Waals surface area (Å²) in [6.07, 6.45) is 9.00. The Bertz CT molecular complexity index is 1190. The first-order chi connectivity index (χ1) is 21.4. The molecule has 12 nitrogen and oxygen atoms in total. The van der Waals surface area contributed by atoms with E-state index in [1.165, 1.54) is 0 Å². The summed E-state index contributed by atoms with van der Waals surface area (Å²) in [5, 5.41) is 26.2. The molecule has 0 spiro atoms.